The van der Waals surface area contributed by atoms with Crippen molar-refractivity contribution in [1.82, 2.24) is 9.55 Å². The van der Waals surface area contributed by atoms with Crippen LogP contribution in [0.4, 0.5) is 5.82 Å². The van der Waals surface area contributed by atoms with Gasteiger partial charge in [0.2, 0.25) is 5.44 Å². The summed E-state index contributed by atoms with van der Waals surface area (Å²) in [5.74, 6) is 1.73. The van der Waals surface area contributed by atoms with Crippen LogP contribution >= 0.6 is 11.8 Å². The van der Waals surface area contributed by atoms with Gasteiger partial charge in [0.1, 0.15) is 18.1 Å². The first-order chi connectivity index (χ1) is 12.3. The molecule has 0 bridgehead atoms. The average Bonchev–Trinajstić information content (AvgIpc) is 3.04. The van der Waals surface area contributed by atoms with Gasteiger partial charge in [0.15, 0.2) is 0 Å². The SMILES string of the molecule is CC(C)[C@@H]1CC[C@@H](C)C[C@@H]1OC(=O)[C@@H]1O[C@@H](n2ccc(N)nc2=O)CS1. The van der Waals surface area contributed by atoms with Gasteiger partial charge in [-0.3, -0.25) is 4.57 Å². The molecule has 0 spiro atoms. The summed E-state index contributed by atoms with van der Waals surface area (Å²) in [5.41, 5.74) is 4.32. The largest absolute Gasteiger partial charge is 0.459 e. The minimum atomic E-state index is -0.713. The van der Waals surface area contributed by atoms with Crippen LogP contribution in [0.25, 0.3) is 0 Å². The second kappa shape index (κ2) is 8.00. The molecular formula is C18H27N3O4S. The lowest BCUT2D eigenvalue weighted by Crippen LogP contribution is -2.38. The Hall–Kier alpha value is -1.54. The Morgan fingerprint density at radius 2 is 2.23 bits per heavy atom. The third-order valence-corrected chi connectivity index (χ3v) is 6.34. The Morgan fingerprint density at radius 1 is 1.46 bits per heavy atom. The number of esters is 1. The van der Waals surface area contributed by atoms with Crippen molar-refractivity contribution in [2.45, 2.75) is 57.8 Å². The normalized spacial score (nSPS) is 31.9. The number of nitrogens with zero attached hydrogens (tertiary/aromatic N) is 2. The molecule has 1 aliphatic heterocycles. The number of nitrogen functional groups attached to an aromatic ring is 1. The van der Waals surface area contributed by atoms with Crippen molar-refractivity contribution in [2.24, 2.45) is 17.8 Å². The molecule has 5 atom stereocenters. The second-order valence-electron chi connectivity index (χ2n) is 7.60. The Bertz CT molecular complexity index is 708. The number of hydrogen-bond acceptors (Lipinski definition) is 7. The predicted molar refractivity (Wildman–Crippen MR) is 101 cm³/mol. The third kappa shape index (κ3) is 4.23. The fourth-order valence-corrected chi connectivity index (χ4v) is 4.74. The fraction of sp³-hybridized carbons (Fsp3) is 0.722. The molecule has 0 unspecified atom stereocenters. The first-order valence-electron chi connectivity index (χ1n) is 9.17. The molecule has 0 aromatic carbocycles. The highest BCUT2D eigenvalue weighted by atomic mass is 32.2. The van der Waals surface area contributed by atoms with Crippen LogP contribution in [0.3, 0.4) is 0 Å². The number of anilines is 1. The highest BCUT2D eigenvalue weighted by Crippen LogP contribution is 2.37. The first-order valence-corrected chi connectivity index (χ1v) is 10.2. The zero-order valence-corrected chi connectivity index (χ0v) is 16.3. The first kappa shape index (κ1) is 19.2. The Labute approximate surface area is 157 Å². The van der Waals surface area contributed by atoms with E-state index >= 15 is 0 Å². The molecule has 2 aliphatic rings. The molecule has 2 fully saturated rings. The average molecular weight is 381 g/mol. The maximum Gasteiger partial charge on any atom is 0.351 e. The molecule has 2 heterocycles. The van der Waals surface area contributed by atoms with Crippen LogP contribution in [0.1, 0.15) is 46.3 Å². The molecule has 1 aromatic rings. The Balaban J connectivity index is 1.63. The summed E-state index contributed by atoms with van der Waals surface area (Å²) in [7, 11) is 0. The van der Waals surface area contributed by atoms with E-state index in [-0.39, 0.29) is 17.9 Å². The summed E-state index contributed by atoms with van der Waals surface area (Å²) >= 11 is 1.35. The zero-order chi connectivity index (χ0) is 18.8. The van der Waals surface area contributed by atoms with E-state index in [2.05, 4.69) is 25.8 Å². The molecule has 0 radical (unpaired) electrons. The number of hydrogen-bond donors (Lipinski definition) is 1. The van der Waals surface area contributed by atoms with Gasteiger partial charge in [0.05, 0.1) is 0 Å². The van der Waals surface area contributed by atoms with Gasteiger partial charge < -0.3 is 15.2 Å². The van der Waals surface area contributed by atoms with Crippen LogP contribution in [0.5, 0.6) is 0 Å². The smallest absolute Gasteiger partial charge is 0.351 e. The number of carbonyl (C=O) groups excluding carboxylic acids is 1. The van der Waals surface area contributed by atoms with E-state index < -0.39 is 17.4 Å². The van der Waals surface area contributed by atoms with Crippen LogP contribution < -0.4 is 11.4 Å². The minimum absolute atomic E-state index is 0.0598. The molecule has 144 valence electrons. The number of carbonyl (C=O) groups is 1. The molecule has 1 aromatic heterocycles. The zero-order valence-electron chi connectivity index (χ0n) is 15.5. The molecule has 2 N–H and O–H groups in total. The van der Waals surface area contributed by atoms with Crippen LogP contribution in [0.15, 0.2) is 17.1 Å². The number of rotatable bonds is 4. The standard InChI is InChI=1S/C18H27N3O4S/c1-10(2)12-5-4-11(3)8-13(12)24-16(22)17-25-15(9-26-17)21-7-6-14(19)20-18(21)23/h6-7,10-13,15,17H,4-5,8-9H2,1-3H3,(H2,19,20,23)/t11-,12+,13+,15-,17-/m1/s1. The molecule has 3 rings (SSSR count). The van der Waals surface area contributed by atoms with Gasteiger partial charge >= 0.3 is 11.7 Å². The lowest BCUT2D eigenvalue weighted by atomic mass is 9.75. The van der Waals surface area contributed by atoms with Gasteiger partial charge in [-0.1, -0.05) is 27.2 Å². The highest BCUT2D eigenvalue weighted by Gasteiger charge is 2.38. The highest BCUT2D eigenvalue weighted by molar-refractivity contribution is 8.00. The quantitative estimate of drug-likeness (QED) is 0.800. The molecule has 7 nitrogen and oxygen atoms in total. The number of aromatic nitrogens is 2. The lowest BCUT2D eigenvalue weighted by molar-refractivity contribution is -0.166. The van der Waals surface area contributed by atoms with Crippen molar-refractivity contribution in [3.05, 3.63) is 22.7 Å². The van der Waals surface area contributed by atoms with Crippen LogP contribution in [-0.4, -0.2) is 32.8 Å². The Kier molecular flexibility index (Phi) is 5.92. The van der Waals surface area contributed by atoms with Gasteiger partial charge in [0.25, 0.3) is 0 Å². The van der Waals surface area contributed by atoms with Gasteiger partial charge in [-0.25, -0.2) is 9.59 Å². The van der Waals surface area contributed by atoms with Crippen molar-refractivity contribution in [2.75, 3.05) is 11.5 Å². The molecular weight excluding hydrogens is 354 g/mol. The van der Waals surface area contributed by atoms with E-state index in [1.165, 1.54) is 28.8 Å². The van der Waals surface area contributed by atoms with Gasteiger partial charge in [-0.2, -0.15) is 4.98 Å². The summed E-state index contributed by atoms with van der Waals surface area (Å²) in [6, 6.07) is 1.54. The summed E-state index contributed by atoms with van der Waals surface area (Å²) < 4.78 is 13.0. The molecule has 1 saturated heterocycles. The van der Waals surface area contributed by atoms with Crippen LogP contribution in [0.2, 0.25) is 0 Å². The minimum Gasteiger partial charge on any atom is -0.459 e. The van der Waals surface area contributed by atoms with Gasteiger partial charge in [-0.15, -0.1) is 11.8 Å². The van der Waals surface area contributed by atoms with E-state index in [1.807, 2.05) is 0 Å². The lowest BCUT2D eigenvalue weighted by Gasteiger charge is -2.37. The summed E-state index contributed by atoms with van der Waals surface area (Å²) in [6.45, 7) is 6.56. The number of nitrogens with two attached hydrogens (primary N) is 1. The van der Waals surface area contributed by atoms with E-state index in [1.54, 1.807) is 6.20 Å². The van der Waals surface area contributed by atoms with Crippen molar-refractivity contribution < 1.29 is 14.3 Å². The molecule has 0 amide bonds. The number of ether oxygens (including phenoxy) is 2. The van der Waals surface area contributed by atoms with Crippen LogP contribution in [0, 0.1) is 17.8 Å². The molecule has 1 saturated carbocycles. The summed E-state index contributed by atoms with van der Waals surface area (Å²) in [6.07, 6.45) is 4.11. The monoisotopic (exact) mass is 381 g/mol. The summed E-state index contributed by atoms with van der Waals surface area (Å²) in [5, 5.41) is 0. The maximum atomic E-state index is 12.6. The van der Waals surface area contributed by atoms with Crippen LogP contribution in [-0.2, 0) is 14.3 Å². The topological polar surface area (TPSA) is 96.4 Å². The van der Waals surface area contributed by atoms with E-state index in [9.17, 15) is 9.59 Å². The van der Waals surface area contributed by atoms with Crippen molar-refractivity contribution in [1.29, 1.82) is 0 Å². The predicted octanol–water partition coefficient (Wildman–Crippen LogP) is 2.42. The fourth-order valence-electron chi connectivity index (χ4n) is 3.76. The maximum absolute atomic E-state index is 12.6. The van der Waals surface area contributed by atoms with E-state index in [4.69, 9.17) is 15.2 Å². The molecule has 26 heavy (non-hydrogen) atoms. The van der Waals surface area contributed by atoms with E-state index in [0.29, 0.717) is 23.5 Å². The Morgan fingerprint density at radius 3 is 2.92 bits per heavy atom. The second-order valence-corrected chi connectivity index (χ2v) is 8.69. The van der Waals surface area contributed by atoms with Gasteiger partial charge in [0, 0.05) is 11.9 Å². The summed E-state index contributed by atoms with van der Waals surface area (Å²) in [4.78, 5) is 28.3. The van der Waals surface area contributed by atoms with Crippen molar-refractivity contribution >= 4 is 23.5 Å². The molecule has 1 aliphatic carbocycles. The van der Waals surface area contributed by atoms with E-state index in [0.717, 1.165) is 12.8 Å². The van der Waals surface area contributed by atoms with Gasteiger partial charge in [-0.05, 0) is 36.7 Å². The third-order valence-electron chi connectivity index (χ3n) is 5.25. The number of thioether (sulfide) groups is 1. The van der Waals surface area contributed by atoms with Crippen molar-refractivity contribution in [3.8, 4) is 0 Å². The van der Waals surface area contributed by atoms with Crippen molar-refractivity contribution in [3.63, 3.8) is 0 Å². The molecule has 8 heteroatoms.